The number of aliphatic hydroxyl groups is 1. The van der Waals surface area contributed by atoms with Crippen molar-refractivity contribution < 1.29 is 19.4 Å². The van der Waals surface area contributed by atoms with Crippen molar-refractivity contribution in [3.63, 3.8) is 0 Å². The molecule has 2 aliphatic heterocycles. The number of hydrogen-bond donors (Lipinski definition) is 1. The van der Waals surface area contributed by atoms with Gasteiger partial charge in [0.25, 0.3) is 11.3 Å². The number of benzene rings is 3. The summed E-state index contributed by atoms with van der Waals surface area (Å²) in [4.78, 5) is 61.6. The Morgan fingerprint density at radius 1 is 0.814 bits per heavy atom. The van der Waals surface area contributed by atoms with Crippen molar-refractivity contribution in [2.75, 3.05) is 12.0 Å². The third kappa shape index (κ3) is 3.83. The number of nitrogens with zero attached hydrogens (tertiary/aromatic N) is 4. The molecule has 1 fully saturated rings. The van der Waals surface area contributed by atoms with E-state index in [4.69, 9.17) is 9.73 Å². The number of aryl methyl sites for hydroxylation is 2. The molecule has 0 radical (unpaired) electrons. The summed E-state index contributed by atoms with van der Waals surface area (Å²) in [5.41, 5.74) is -0.868. The number of hydrogen-bond acceptors (Lipinski definition) is 7. The SMILES string of the molecule is COc1ccc(C2=Nc3c(c(=O)n(C)c(=O)n3C)C23C(=C(O)c2ccc(C)cc2)C(=O)C(=O)N3c2ccc(C)cc2)cc1. The number of carbonyl (C=O) groups excluding carboxylic acids is 2. The van der Waals surface area contributed by atoms with Crippen LogP contribution in [0.15, 0.2) is 93.0 Å². The predicted octanol–water partition coefficient (Wildman–Crippen LogP) is 3.62. The minimum Gasteiger partial charge on any atom is -0.507 e. The van der Waals surface area contributed by atoms with Crippen LogP contribution in [-0.4, -0.2) is 38.8 Å². The summed E-state index contributed by atoms with van der Waals surface area (Å²) < 4.78 is 7.45. The Morgan fingerprint density at radius 2 is 1.40 bits per heavy atom. The lowest BCUT2D eigenvalue weighted by molar-refractivity contribution is -0.132. The Balaban J connectivity index is 1.83. The van der Waals surface area contributed by atoms with E-state index in [1.54, 1.807) is 72.8 Å². The number of rotatable bonds is 4. The molecule has 1 unspecified atom stereocenters. The maximum atomic E-state index is 14.2. The number of carbonyl (C=O) groups is 2. The first-order valence-corrected chi connectivity index (χ1v) is 13.5. The fourth-order valence-electron chi connectivity index (χ4n) is 5.85. The lowest BCUT2D eigenvalue weighted by Gasteiger charge is -2.37. The van der Waals surface area contributed by atoms with Crippen LogP contribution in [0.1, 0.15) is 27.8 Å². The summed E-state index contributed by atoms with van der Waals surface area (Å²) in [6.45, 7) is 3.76. The Bertz CT molecular complexity index is 2020. The molecule has 3 heterocycles. The van der Waals surface area contributed by atoms with Gasteiger partial charge in [0.2, 0.25) is 0 Å². The summed E-state index contributed by atoms with van der Waals surface area (Å²) in [7, 11) is 4.31. The van der Waals surface area contributed by atoms with Gasteiger partial charge in [0.05, 0.1) is 24.0 Å². The number of aliphatic hydroxyl groups excluding tert-OH is 1. The standard InChI is InChI=1S/C33H28N4O6/c1-18-6-10-20(11-7-18)26(38)24-27(39)31(41)37(22-14-8-19(2)9-15-22)33(24)25-29(35(3)32(42)36(4)30(25)40)34-28(33)21-12-16-23(43-5)17-13-21/h6-17,38H,1-5H3. The number of anilines is 1. The van der Waals surface area contributed by atoms with Gasteiger partial charge in [0.1, 0.15) is 17.3 Å². The van der Waals surface area contributed by atoms with Gasteiger partial charge in [-0.3, -0.25) is 28.4 Å². The molecule has 1 N–H and O–H groups in total. The fraction of sp³-hybridized carbons (Fsp3) is 0.182. The minimum absolute atomic E-state index is 0.0206. The van der Waals surface area contributed by atoms with Gasteiger partial charge in [-0.25, -0.2) is 9.79 Å². The van der Waals surface area contributed by atoms with Crippen LogP contribution < -0.4 is 20.9 Å². The normalized spacial score (nSPS) is 18.7. The van der Waals surface area contributed by atoms with Crippen molar-refractivity contribution >= 4 is 34.7 Å². The first-order valence-electron chi connectivity index (χ1n) is 13.5. The maximum Gasteiger partial charge on any atom is 0.332 e. The van der Waals surface area contributed by atoms with Crippen LogP contribution in [-0.2, 0) is 29.2 Å². The van der Waals surface area contributed by atoms with Crippen molar-refractivity contribution in [1.29, 1.82) is 0 Å². The van der Waals surface area contributed by atoms with Gasteiger partial charge in [-0.15, -0.1) is 0 Å². The van der Waals surface area contributed by atoms with Crippen LogP contribution in [0.5, 0.6) is 5.75 Å². The van der Waals surface area contributed by atoms with Crippen LogP contribution in [0.4, 0.5) is 11.5 Å². The number of amides is 1. The summed E-state index contributed by atoms with van der Waals surface area (Å²) >= 11 is 0. The number of aromatic nitrogens is 2. The monoisotopic (exact) mass is 576 g/mol. The molecule has 2 aliphatic rings. The highest BCUT2D eigenvalue weighted by atomic mass is 16.5. The minimum atomic E-state index is -2.03. The van der Waals surface area contributed by atoms with Crippen molar-refractivity contribution in [2.45, 2.75) is 19.4 Å². The molecule has 1 atom stereocenters. The highest BCUT2D eigenvalue weighted by Gasteiger charge is 2.66. The van der Waals surface area contributed by atoms with Crippen molar-refractivity contribution in [3.8, 4) is 5.75 Å². The molecule has 1 aromatic heterocycles. The quantitative estimate of drug-likeness (QED) is 0.225. The maximum absolute atomic E-state index is 14.2. The molecule has 4 aromatic rings. The molecular formula is C33H28N4O6. The van der Waals surface area contributed by atoms with Crippen molar-refractivity contribution in [3.05, 3.63) is 127 Å². The highest BCUT2D eigenvalue weighted by Crippen LogP contribution is 2.54. The number of ketones is 1. The molecule has 0 saturated carbocycles. The summed E-state index contributed by atoms with van der Waals surface area (Å²) in [5.74, 6) is -1.90. The van der Waals surface area contributed by atoms with Gasteiger partial charge in [-0.2, -0.15) is 0 Å². The highest BCUT2D eigenvalue weighted by molar-refractivity contribution is 6.55. The third-order valence-corrected chi connectivity index (χ3v) is 8.09. The summed E-state index contributed by atoms with van der Waals surface area (Å²) in [5, 5.41) is 11.9. The van der Waals surface area contributed by atoms with E-state index in [1.165, 1.54) is 30.7 Å². The number of methoxy groups -OCH3 is 1. The second-order valence-corrected chi connectivity index (χ2v) is 10.7. The van der Waals surface area contributed by atoms with Crippen molar-refractivity contribution in [1.82, 2.24) is 9.13 Å². The average molecular weight is 577 g/mol. The van der Waals surface area contributed by atoms with Gasteiger partial charge >= 0.3 is 11.6 Å². The molecule has 1 saturated heterocycles. The van der Waals surface area contributed by atoms with Gasteiger partial charge in [0.15, 0.2) is 5.54 Å². The predicted molar refractivity (Wildman–Crippen MR) is 162 cm³/mol. The van der Waals surface area contributed by atoms with Gasteiger partial charge in [-0.05, 0) is 55.8 Å². The van der Waals surface area contributed by atoms with E-state index in [0.717, 1.165) is 15.7 Å². The largest absolute Gasteiger partial charge is 0.507 e. The number of ether oxygens (including phenoxy) is 1. The van der Waals surface area contributed by atoms with Gasteiger partial charge in [-0.1, -0.05) is 47.5 Å². The number of Topliss-reactive ketones (excluding diaryl/α,β-unsaturated/α-hetero) is 1. The molecule has 10 heteroatoms. The molecule has 43 heavy (non-hydrogen) atoms. The van der Waals surface area contributed by atoms with Gasteiger partial charge in [0, 0.05) is 25.3 Å². The van der Waals surface area contributed by atoms with E-state index in [0.29, 0.717) is 17.0 Å². The van der Waals surface area contributed by atoms with E-state index in [1.807, 2.05) is 13.8 Å². The number of aliphatic imine (C=N–C) groups is 1. The zero-order valence-corrected chi connectivity index (χ0v) is 24.2. The van der Waals surface area contributed by atoms with Gasteiger partial charge < -0.3 is 9.84 Å². The van der Waals surface area contributed by atoms with E-state index >= 15 is 0 Å². The van der Waals surface area contributed by atoms with Crippen LogP contribution >= 0.6 is 0 Å². The zero-order chi connectivity index (χ0) is 30.8. The zero-order valence-electron chi connectivity index (χ0n) is 24.2. The summed E-state index contributed by atoms with van der Waals surface area (Å²) in [6.07, 6.45) is 0. The Labute approximate surface area is 246 Å². The molecular weight excluding hydrogens is 548 g/mol. The lowest BCUT2D eigenvalue weighted by Crippen LogP contribution is -2.54. The molecule has 6 rings (SSSR count). The fourth-order valence-corrected chi connectivity index (χ4v) is 5.85. The first-order chi connectivity index (χ1) is 20.5. The molecule has 0 bridgehead atoms. The van der Waals surface area contributed by atoms with E-state index < -0.39 is 34.2 Å². The van der Waals surface area contributed by atoms with E-state index in [9.17, 15) is 24.3 Å². The second-order valence-electron chi connectivity index (χ2n) is 10.7. The molecule has 1 spiro atoms. The molecule has 216 valence electrons. The van der Waals surface area contributed by atoms with Crippen LogP contribution in [0.3, 0.4) is 0 Å². The third-order valence-electron chi connectivity index (χ3n) is 8.09. The smallest absolute Gasteiger partial charge is 0.332 e. The van der Waals surface area contributed by atoms with Crippen LogP contribution in [0.2, 0.25) is 0 Å². The topological polar surface area (TPSA) is 123 Å². The van der Waals surface area contributed by atoms with Crippen molar-refractivity contribution in [2.24, 2.45) is 19.1 Å². The second kappa shape index (κ2) is 9.80. The van der Waals surface area contributed by atoms with Crippen LogP contribution in [0, 0.1) is 13.8 Å². The Kier molecular flexibility index (Phi) is 6.30. The molecule has 1 amide bonds. The average Bonchev–Trinajstić information content (AvgIpc) is 3.47. The summed E-state index contributed by atoms with van der Waals surface area (Å²) in [6, 6.07) is 20.4. The first kappa shape index (κ1) is 27.6. The Hall–Kier alpha value is -5.51. The number of fused-ring (bicyclic) bond motifs is 2. The van der Waals surface area contributed by atoms with Crippen LogP contribution in [0.25, 0.3) is 5.76 Å². The lowest BCUT2D eigenvalue weighted by atomic mass is 9.76. The van der Waals surface area contributed by atoms with E-state index in [2.05, 4.69) is 0 Å². The van der Waals surface area contributed by atoms with E-state index in [-0.39, 0.29) is 28.2 Å². The molecule has 10 nitrogen and oxygen atoms in total. The Morgan fingerprint density at radius 3 is 1.98 bits per heavy atom. The molecule has 3 aromatic carbocycles. The molecule has 0 aliphatic carbocycles.